The highest BCUT2D eigenvalue weighted by atomic mass is 35.5. The van der Waals surface area contributed by atoms with Crippen molar-refractivity contribution in [2.75, 3.05) is 11.4 Å². The number of halogens is 2. The Labute approximate surface area is 98.0 Å². The number of benzene rings is 1. The maximum absolute atomic E-state index is 13.2. The minimum absolute atomic E-state index is 0.0453. The smallest absolute Gasteiger partial charge is 0.228 e. The van der Waals surface area contributed by atoms with Crippen molar-refractivity contribution >= 4 is 23.2 Å². The number of amides is 1. The standard InChI is InChI=1S/C12H9ClFNO/c1-2-8-5-12(16)15(7-8)9-3-4-10(13)11(14)6-9/h1,3-4,6,8H,5,7H2. The van der Waals surface area contributed by atoms with Gasteiger partial charge in [-0.15, -0.1) is 12.3 Å². The molecule has 0 aliphatic carbocycles. The molecule has 1 unspecified atom stereocenters. The van der Waals surface area contributed by atoms with E-state index >= 15 is 0 Å². The Morgan fingerprint density at radius 1 is 1.56 bits per heavy atom. The summed E-state index contributed by atoms with van der Waals surface area (Å²) in [4.78, 5) is 13.1. The molecule has 1 heterocycles. The average molecular weight is 238 g/mol. The van der Waals surface area contributed by atoms with Gasteiger partial charge in [0.25, 0.3) is 0 Å². The van der Waals surface area contributed by atoms with Crippen molar-refractivity contribution in [2.45, 2.75) is 6.42 Å². The number of carbonyl (C=O) groups excluding carboxylic acids is 1. The van der Waals surface area contributed by atoms with E-state index in [1.54, 1.807) is 6.07 Å². The molecule has 0 radical (unpaired) electrons. The zero-order valence-electron chi connectivity index (χ0n) is 8.41. The molecule has 1 saturated heterocycles. The van der Waals surface area contributed by atoms with Gasteiger partial charge in [-0.2, -0.15) is 0 Å². The van der Waals surface area contributed by atoms with Gasteiger partial charge in [0.15, 0.2) is 0 Å². The van der Waals surface area contributed by atoms with Gasteiger partial charge in [0.1, 0.15) is 5.82 Å². The van der Waals surface area contributed by atoms with Crippen molar-refractivity contribution in [3.8, 4) is 12.3 Å². The number of nitrogens with zero attached hydrogens (tertiary/aromatic N) is 1. The van der Waals surface area contributed by atoms with Gasteiger partial charge in [-0.1, -0.05) is 11.6 Å². The second-order valence-corrected chi connectivity index (χ2v) is 4.08. The van der Waals surface area contributed by atoms with Crippen LogP contribution in [0, 0.1) is 24.1 Å². The predicted octanol–water partition coefficient (Wildman–Crippen LogP) is 2.47. The minimum Gasteiger partial charge on any atom is -0.311 e. The van der Waals surface area contributed by atoms with E-state index in [-0.39, 0.29) is 16.8 Å². The Kier molecular flexibility index (Phi) is 2.84. The third-order valence-corrected chi connectivity index (χ3v) is 2.88. The molecule has 0 N–H and O–H groups in total. The molecule has 0 bridgehead atoms. The molecule has 0 spiro atoms. The molecule has 1 fully saturated rings. The number of hydrogen-bond acceptors (Lipinski definition) is 1. The summed E-state index contributed by atoms with van der Waals surface area (Å²) >= 11 is 5.57. The van der Waals surface area contributed by atoms with E-state index in [4.69, 9.17) is 18.0 Å². The first-order valence-electron chi connectivity index (χ1n) is 4.83. The largest absolute Gasteiger partial charge is 0.311 e. The first kappa shape index (κ1) is 11.0. The van der Waals surface area contributed by atoms with Gasteiger partial charge in [-0.25, -0.2) is 4.39 Å². The number of hydrogen-bond donors (Lipinski definition) is 0. The van der Waals surface area contributed by atoms with Crippen molar-refractivity contribution < 1.29 is 9.18 Å². The Bertz CT molecular complexity index is 480. The van der Waals surface area contributed by atoms with Crippen LogP contribution < -0.4 is 4.90 Å². The fourth-order valence-corrected chi connectivity index (χ4v) is 1.84. The van der Waals surface area contributed by atoms with Crippen LogP contribution in [0.4, 0.5) is 10.1 Å². The molecule has 0 saturated carbocycles. The van der Waals surface area contributed by atoms with E-state index in [0.717, 1.165) is 0 Å². The van der Waals surface area contributed by atoms with Gasteiger partial charge >= 0.3 is 0 Å². The van der Waals surface area contributed by atoms with Crippen LogP contribution in [0.25, 0.3) is 0 Å². The van der Waals surface area contributed by atoms with Gasteiger partial charge in [0.05, 0.1) is 5.02 Å². The molecule has 0 aromatic heterocycles. The summed E-state index contributed by atoms with van der Waals surface area (Å²) in [7, 11) is 0. The predicted molar refractivity (Wildman–Crippen MR) is 60.7 cm³/mol. The molecule has 16 heavy (non-hydrogen) atoms. The number of rotatable bonds is 1. The summed E-state index contributed by atoms with van der Waals surface area (Å²) in [6.07, 6.45) is 5.59. The summed E-state index contributed by atoms with van der Waals surface area (Å²) in [5.41, 5.74) is 0.504. The van der Waals surface area contributed by atoms with E-state index in [9.17, 15) is 9.18 Å². The van der Waals surface area contributed by atoms with E-state index < -0.39 is 5.82 Å². The van der Waals surface area contributed by atoms with Crippen molar-refractivity contribution in [1.29, 1.82) is 0 Å². The highest BCUT2D eigenvalue weighted by molar-refractivity contribution is 6.30. The van der Waals surface area contributed by atoms with Gasteiger partial charge in [-0.3, -0.25) is 4.79 Å². The monoisotopic (exact) mass is 237 g/mol. The van der Waals surface area contributed by atoms with Crippen LogP contribution in [-0.2, 0) is 4.79 Å². The molecular weight excluding hydrogens is 229 g/mol. The number of terminal acetylenes is 1. The van der Waals surface area contributed by atoms with Crippen LogP contribution in [0.15, 0.2) is 18.2 Å². The number of carbonyl (C=O) groups is 1. The normalized spacial score (nSPS) is 19.9. The number of anilines is 1. The molecule has 1 aliphatic rings. The lowest BCUT2D eigenvalue weighted by Gasteiger charge is -2.16. The molecule has 2 rings (SSSR count). The zero-order chi connectivity index (χ0) is 11.7. The first-order chi connectivity index (χ1) is 7.61. The van der Waals surface area contributed by atoms with Gasteiger partial charge in [0.2, 0.25) is 5.91 Å². The average Bonchev–Trinajstić information content (AvgIpc) is 2.64. The Hall–Kier alpha value is -1.53. The van der Waals surface area contributed by atoms with Crippen LogP contribution >= 0.6 is 11.6 Å². The van der Waals surface area contributed by atoms with Crippen LogP contribution in [0.1, 0.15) is 6.42 Å². The van der Waals surface area contributed by atoms with Crippen molar-refractivity contribution in [3.63, 3.8) is 0 Å². The van der Waals surface area contributed by atoms with E-state index in [0.29, 0.717) is 18.7 Å². The topological polar surface area (TPSA) is 20.3 Å². The fraction of sp³-hybridized carbons (Fsp3) is 0.250. The molecular formula is C12H9ClFNO. The molecule has 2 nitrogen and oxygen atoms in total. The third kappa shape index (κ3) is 1.89. The van der Waals surface area contributed by atoms with Crippen molar-refractivity contribution in [1.82, 2.24) is 0 Å². The Morgan fingerprint density at radius 3 is 2.88 bits per heavy atom. The molecule has 1 aliphatic heterocycles. The van der Waals surface area contributed by atoms with Crippen LogP contribution in [-0.4, -0.2) is 12.5 Å². The highest BCUT2D eigenvalue weighted by Gasteiger charge is 2.29. The zero-order valence-corrected chi connectivity index (χ0v) is 9.17. The molecule has 1 aromatic rings. The highest BCUT2D eigenvalue weighted by Crippen LogP contribution is 2.27. The second kappa shape index (κ2) is 4.15. The lowest BCUT2D eigenvalue weighted by atomic mass is 10.1. The van der Waals surface area contributed by atoms with Gasteiger partial charge in [0, 0.05) is 24.6 Å². The minimum atomic E-state index is -0.531. The third-order valence-electron chi connectivity index (χ3n) is 2.58. The Balaban J connectivity index is 2.29. The van der Waals surface area contributed by atoms with Gasteiger partial charge in [-0.05, 0) is 18.2 Å². The summed E-state index contributed by atoms with van der Waals surface area (Å²) in [5, 5.41) is 0.0453. The molecule has 1 atom stereocenters. The summed E-state index contributed by atoms with van der Waals surface area (Å²) < 4.78 is 13.2. The molecule has 4 heteroatoms. The fourth-order valence-electron chi connectivity index (χ4n) is 1.72. The molecule has 82 valence electrons. The maximum atomic E-state index is 13.2. The SMILES string of the molecule is C#CC1CC(=O)N(c2ccc(Cl)c(F)c2)C1. The van der Waals surface area contributed by atoms with Crippen LogP contribution in [0.5, 0.6) is 0 Å². The summed E-state index contributed by atoms with van der Waals surface area (Å²) in [5.74, 6) is 1.84. The molecule has 1 amide bonds. The lowest BCUT2D eigenvalue weighted by Crippen LogP contribution is -2.24. The van der Waals surface area contributed by atoms with Crippen molar-refractivity contribution in [2.24, 2.45) is 5.92 Å². The van der Waals surface area contributed by atoms with Crippen LogP contribution in [0.3, 0.4) is 0 Å². The lowest BCUT2D eigenvalue weighted by molar-refractivity contribution is -0.117. The first-order valence-corrected chi connectivity index (χ1v) is 5.21. The maximum Gasteiger partial charge on any atom is 0.228 e. The van der Waals surface area contributed by atoms with E-state index in [1.807, 2.05) is 0 Å². The van der Waals surface area contributed by atoms with Gasteiger partial charge < -0.3 is 4.90 Å². The van der Waals surface area contributed by atoms with E-state index in [1.165, 1.54) is 17.0 Å². The second-order valence-electron chi connectivity index (χ2n) is 3.67. The van der Waals surface area contributed by atoms with E-state index in [2.05, 4.69) is 5.92 Å². The van der Waals surface area contributed by atoms with Crippen LogP contribution in [0.2, 0.25) is 5.02 Å². The Morgan fingerprint density at radius 2 is 2.31 bits per heavy atom. The summed E-state index contributed by atoms with van der Waals surface area (Å²) in [6.45, 7) is 0.441. The summed E-state index contributed by atoms with van der Waals surface area (Å²) in [6, 6.07) is 4.30. The quantitative estimate of drug-likeness (QED) is 0.687. The van der Waals surface area contributed by atoms with Crippen molar-refractivity contribution in [3.05, 3.63) is 29.0 Å². The molecule has 1 aromatic carbocycles.